The number of amides is 1. The maximum atomic E-state index is 12.9. The summed E-state index contributed by atoms with van der Waals surface area (Å²) in [6.45, 7) is 0.306. The van der Waals surface area contributed by atoms with Gasteiger partial charge in [0.25, 0.3) is 5.91 Å². The minimum absolute atomic E-state index is 0.292. The quantitative estimate of drug-likeness (QED) is 0.426. The summed E-state index contributed by atoms with van der Waals surface area (Å²) in [5, 5.41) is 3.90. The number of ether oxygens (including phenoxy) is 1. The molecule has 1 amide bonds. The van der Waals surface area contributed by atoms with Gasteiger partial charge in [0.15, 0.2) is 0 Å². The Labute approximate surface area is 169 Å². The van der Waals surface area contributed by atoms with Crippen molar-refractivity contribution in [3.63, 3.8) is 0 Å². The molecule has 0 bridgehead atoms. The highest BCUT2D eigenvalue weighted by Gasteiger charge is 2.05. The van der Waals surface area contributed by atoms with Crippen molar-refractivity contribution < 1.29 is 18.3 Å². The smallest absolute Gasteiger partial charge is 0.271 e. The number of hydrogen-bond acceptors (Lipinski definition) is 3. The van der Waals surface area contributed by atoms with Crippen molar-refractivity contribution in [2.45, 2.75) is 6.61 Å². The molecular formula is C21H15BrF2N2O2. The molecule has 28 heavy (non-hydrogen) atoms. The molecule has 0 saturated heterocycles. The Bertz CT molecular complexity index is 990. The zero-order valence-electron chi connectivity index (χ0n) is 14.5. The first kappa shape index (κ1) is 19.7. The van der Waals surface area contributed by atoms with Crippen molar-refractivity contribution in [2.75, 3.05) is 0 Å². The fourth-order valence-corrected chi connectivity index (χ4v) is 2.80. The molecular weight excluding hydrogens is 430 g/mol. The van der Waals surface area contributed by atoms with Crippen molar-refractivity contribution in [1.82, 2.24) is 5.43 Å². The summed E-state index contributed by atoms with van der Waals surface area (Å²) in [6.07, 6.45) is 1.48. The Morgan fingerprint density at radius 1 is 1.00 bits per heavy atom. The minimum atomic E-state index is -0.436. The van der Waals surface area contributed by atoms with E-state index < -0.39 is 11.7 Å². The van der Waals surface area contributed by atoms with E-state index in [1.165, 1.54) is 42.6 Å². The van der Waals surface area contributed by atoms with Gasteiger partial charge in [0, 0.05) is 5.56 Å². The highest BCUT2D eigenvalue weighted by molar-refractivity contribution is 9.10. The molecule has 1 N–H and O–H groups in total. The SMILES string of the molecule is O=C(N/N=C\c1ccc(OCc2ccc(F)cc2)c(Br)c1)c1ccc(F)cc1. The number of halogens is 3. The van der Waals surface area contributed by atoms with Crippen molar-refractivity contribution in [3.8, 4) is 5.75 Å². The van der Waals surface area contributed by atoms with Crippen LogP contribution < -0.4 is 10.2 Å². The van der Waals surface area contributed by atoms with Crippen molar-refractivity contribution >= 4 is 28.1 Å². The Hall–Kier alpha value is -3.06. The zero-order chi connectivity index (χ0) is 19.9. The molecule has 0 atom stereocenters. The molecule has 0 spiro atoms. The van der Waals surface area contributed by atoms with Crippen LogP contribution in [0.25, 0.3) is 0 Å². The largest absolute Gasteiger partial charge is 0.488 e. The summed E-state index contributed by atoms with van der Waals surface area (Å²) < 4.78 is 32.2. The third kappa shape index (κ3) is 5.47. The van der Waals surface area contributed by atoms with E-state index in [1.54, 1.807) is 30.3 Å². The Balaban J connectivity index is 1.57. The summed E-state index contributed by atoms with van der Waals surface area (Å²) in [6, 6.07) is 16.6. The first-order valence-corrected chi connectivity index (χ1v) is 9.06. The highest BCUT2D eigenvalue weighted by Crippen LogP contribution is 2.26. The average Bonchev–Trinajstić information content (AvgIpc) is 2.69. The normalized spacial score (nSPS) is 10.8. The predicted octanol–water partition coefficient (Wildman–Crippen LogP) is 5.07. The Morgan fingerprint density at radius 2 is 1.64 bits per heavy atom. The lowest BCUT2D eigenvalue weighted by atomic mass is 10.2. The van der Waals surface area contributed by atoms with E-state index in [1.807, 2.05) is 0 Å². The molecule has 0 aliphatic heterocycles. The first-order valence-electron chi connectivity index (χ1n) is 8.27. The van der Waals surface area contributed by atoms with Gasteiger partial charge in [0.2, 0.25) is 0 Å². The second kappa shape index (κ2) is 9.23. The third-order valence-corrected chi connectivity index (χ3v) is 4.37. The van der Waals surface area contributed by atoms with Crippen LogP contribution in [0.2, 0.25) is 0 Å². The molecule has 0 saturated carbocycles. The Morgan fingerprint density at radius 3 is 2.29 bits per heavy atom. The fraction of sp³-hybridized carbons (Fsp3) is 0.0476. The summed E-state index contributed by atoms with van der Waals surface area (Å²) in [4.78, 5) is 11.9. The fourth-order valence-electron chi connectivity index (χ4n) is 2.29. The van der Waals surface area contributed by atoms with E-state index in [4.69, 9.17) is 4.74 Å². The van der Waals surface area contributed by atoms with E-state index in [-0.39, 0.29) is 5.82 Å². The number of nitrogens with one attached hydrogen (secondary N) is 1. The van der Waals surface area contributed by atoms with Gasteiger partial charge in [0.1, 0.15) is 24.0 Å². The van der Waals surface area contributed by atoms with Crippen LogP contribution in [-0.2, 0) is 6.61 Å². The van der Waals surface area contributed by atoms with E-state index in [2.05, 4.69) is 26.5 Å². The molecule has 4 nitrogen and oxygen atoms in total. The number of rotatable bonds is 6. The van der Waals surface area contributed by atoms with Crippen LogP contribution in [0, 0.1) is 11.6 Å². The van der Waals surface area contributed by atoms with Crippen molar-refractivity contribution in [2.24, 2.45) is 5.10 Å². The van der Waals surface area contributed by atoms with Crippen molar-refractivity contribution in [3.05, 3.63) is 99.5 Å². The van der Waals surface area contributed by atoms with Gasteiger partial charge in [-0.3, -0.25) is 4.79 Å². The van der Waals surface area contributed by atoms with Crippen molar-refractivity contribution in [1.29, 1.82) is 0 Å². The molecule has 0 heterocycles. The lowest BCUT2D eigenvalue weighted by Gasteiger charge is -2.09. The van der Waals surface area contributed by atoms with Gasteiger partial charge in [-0.2, -0.15) is 5.10 Å². The number of carbonyl (C=O) groups excluding carboxylic acids is 1. The standard InChI is InChI=1S/C21H15BrF2N2O2/c22-19-11-15(12-25-26-21(27)16-4-8-18(24)9-5-16)3-10-20(19)28-13-14-1-6-17(23)7-2-14/h1-12H,13H2,(H,26,27)/b25-12-. The molecule has 3 aromatic rings. The third-order valence-electron chi connectivity index (χ3n) is 3.75. The number of nitrogens with zero attached hydrogens (tertiary/aromatic N) is 1. The number of hydrazone groups is 1. The van der Waals surface area contributed by atoms with Crippen LogP contribution in [0.15, 0.2) is 76.3 Å². The van der Waals surface area contributed by atoms with Crippen LogP contribution in [-0.4, -0.2) is 12.1 Å². The average molecular weight is 445 g/mol. The van der Waals surface area contributed by atoms with Gasteiger partial charge in [-0.25, -0.2) is 14.2 Å². The van der Waals surface area contributed by atoms with Gasteiger partial charge in [-0.15, -0.1) is 0 Å². The van der Waals surface area contributed by atoms with Crippen LogP contribution >= 0.6 is 15.9 Å². The second-order valence-corrected chi connectivity index (χ2v) is 6.67. The van der Waals surface area contributed by atoms with Gasteiger partial charge < -0.3 is 4.74 Å². The number of benzene rings is 3. The molecule has 3 rings (SSSR count). The summed E-state index contributed by atoms with van der Waals surface area (Å²) in [7, 11) is 0. The van der Waals surface area contributed by atoms with Gasteiger partial charge in [-0.05, 0) is 81.7 Å². The molecule has 0 aliphatic carbocycles. The topological polar surface area (TPSA) is 50.7 Å². The highest BCUT2D eigenvalue weighted by atomic mass is 79.9. The zero-order valence-corrected chi connectivity index (χ0v) is 16.1. The maximum Gasteiger partial charge on any atom is 0.271 e. The van der Waals surface area contributed by atoms with E-state index in [0.29, 0.717) is 22.4 Å². The van der Waals surface area contributed by atoms with Crippen LogP contribution in [0.1, 0.15) is 21.5 Å². The van der Waals surface area contributed by atoms with E-state index in [0.717, 1.165) is 11.1 Å². The molecule has 0 aromatic heterocycles. The summed E-state index contributed by atoms with van der Waals surface area (Å²) in [5.41, 5.74) is 4.28. The molecule has 7 heteroatoms. The molecule has 0 aliphatic rings. The summed E-state index contributed by atoms with van der Waals surface area (Å²) in [5.74, 6) is -0.516. The molecule has 0 unspecified atom stereocenters. The monoisotopic (exact) mass is 444 g/mol. The van der Waals surface area contributed by atoms with E-state index >= 15 is 0 Å². The number of hydrogen-bond donors (Lipinski definition) is 1. The number of carbonyl (C=O) groups is 1. The molecule has 0 fully saturated rings. The molecule has 142 valence electrons. The maximum absolute atomic E-state index is 12.9. The second-order valence-electron chi connectivity index (χ2n) is 5.81. The first-order chi connectivity index (χ1) is 13.5. The Kier molecular flexibility index (Phi) is 6.49. The molecule has 3 aromatic carbocycles. The molecule has 0 radical (unpaired) electrons. The van der Waals surface area contributed by atoms with Gasteiger partial charge >= 0.3 is 0 Å². The lowest BCUT2D eigenvalue weighted by molar-refractivity contribution is 0.0955. The predicted molar refractivity (Wildman–Crippen MR) is 106 cm³/mol. The van der Waals surface area contributed by atoms with Gasteiger partial charge in [-0.1, -0.05) is 12.1 Å². The lowest BCUT2D eigenvalue weighted by Crippen LogP contribution is -2.17. The van der Waals surface area contributed by atoms with Gasteiger partial charge in [0.05, 0.1) is 10.7 Å². The van der Waals surface area contributed by atoms with Crippen LogP contribution in [0.3, 0.4) is 0 Å². The summed E-state index contributed by atoms with van der Waals surface area (Å²) >= 11 is 3.43. The van der Waals surface area contributed by atoms with E-state index in [9.17, 15) is 13.6 Å². The van der Waals surface area contributed by atoms with Crippen LogP contribution in [0.4, 0.5) is 8.78 Å². The van der Waals surface area contributed by atoms with Crippen LogP contribution in [0.5, 0.6) is 5.75 Å². The minimum Gasteiger partial charge on any atom is -0.488 e.